The number of amides is 1. The number of primary amides is 1. The molecule has 0 saturated heterocycles. The van der Waals surface area contributed by atoms with Crippen LogP contribution in [-0.2, 0) is 4.79 Å². The molecule has 0 unspecified atom stereocenters. The summed E-state index contributed by atoms with van der Waals surface area (Å²) in [5.41, 5.74) is 5.11. The van der Waals surface area contributed by atoms with Crippen LogP contribution < -0.4 is 5.73 Å². The Balaban J connectivity index is 2.13. The molecule has 0 aliphatic heterocycles. The number of rotatable bonds is 6. The lowest BCUT2D eigenvalue weighted by molar-refractivity contribution is -0.118. The van der Waals surface area contributed by atoms with Crippen molar-refractivity contribution in [2.75, 3.05) is 19.6 Å². The summed E-state index contributed by atoms with van der Waals surface area (Å²) in [6.45, 7) is 5.16. The van der Waals surface area contributed by atoms with Crippen molar-refractivity contribution in [2.24, 2.45) is 11.7 Å². The molecule has 1 aliphatic rings. The van der Waals surface area contributed by atoms with Gasteiger partial charge in [0.15, 0.2) is 0 Å². The van der Waals surface area contributed by atoms with Gasteiger partial charge in [-0.3, -0.25) is 4.79 Å². The van der Waals surface area contributed by atoms with E-state index in [9.17, 15) is 4.79 Å². The lowest BCUT2D eigenvalue weighted by atomic mass is 9.85. The van der Waals surface area contributed by atoms with Crippen molar-refractivity contribution in [3.05, 3.63) is 0 Å². The fourth-order valence-corrected chi connectivity index (χ4v) is 1.69. The van der Waals surface area contributed by atoms with Crippen LogP contribution in [0, 0.1) is 5.92 Å². The molecule has 13 heavy (non-hydrogen) atoms. The zero-order valence-electron chi connectivity index (χ0n) is 8.46. The Hall–Kier alpha value is -0.570. The molecule has 0 heterocycles. The molecule has 0 radical (unpaired) electrons. The van der Waals surface area contributed by atoms with Gasteiger partial charge in [0.1, 0.15) is 0 Å². The van der Waals surface area contributed by atoms with Gasteiger partial charge in [0.05, 0.1) is 0 Å². The fourth-order valence-electron chi connectivity index (χ4n) is 1.69. The molecular weight excluding hydrogens is 164 g/mol. The van der Waals surface area contributed by atoms with E-state index < -0.39 is 0 Å². The maximum atomic E-state index is 10.6. The van der Waals surface area contributed by atoms with Gasteiger partial charge in [-0.1, -0.05) is 13.3 Å². The number of hydrogen-bond acceptors (Lipinski definition) is 2. The van der Waals surface area contributed by atoms with Crippen molar-refractivity contribution in [2.45, 2.75) is 32.6 Å². The first kappa shape index (κ1) is 10.5. The molecular formula is C10H20N2O. The molecule has 0 aromatic rings. The second-order valence-electron chi connectivity index (χ2n) is 3.91. The minimum Gasteiger partial charge on any atom is -0.370 e. The van der Waals surface area contributed by atoms with E-state index in [0.29, 0.717) is 6.42 Å². The number of carbonyl (C=O) groups is 1. The highest BCUT2D eigenvalue weighted by molar-refractivity contribution is 5.73. The molecule has 1 aliphatic carbocycles. The molecule has 1 amide bonds. The van der Waals surface area contributed by atoms with Crippen LogP contribution in [0.15, 0.2) is 0 Å². The second kappa shape index (κ2) is 5.22. The first-order valence-corrected chi connectivity index (χ1v) is 5.23. The van der Waals surface area contributed by atoms with E-state index in [2.05, 4.69) is 11.8 Å². The first-order valence-electron chi connectivity index (χ1n) is 5.23. The first-order chi connectivity index (χ1) is 6.22. The normalized spacial score (nSPS) is 17.4. The number of carbonyl (C=O) groups excluding carboxylic acids is 1. The van der Waals surface area contributed by atoms with Crippen LogP contribution in [0.2, 0.25) is 0 Å². The summed E-state index contributed by atoms with van der Waals surface area (Å²) < 4.78 is 0. The molecule has 1 rings (SSSR count). The minimum absolute atomic E-state index is 0.188. The average Bonchev–Trinajstić information content (AvgIpc) is 2.01. The predicted octanol–water partition coefficient (Wildman–Crippen LogP) is 0.984. The van der Waals surface area contributed by atoms with Gasteiger partial charge in [-0.15, -0.1) is 0 Å². The van der Waals surface area contributed by atoms with Crippen LogP contribution >= 0.6 is 0 Å². The topological polar surface area (TPSA) is 46.3 Å². The highest BCUT2D eigenvalue weighted by Gasteiger charge is 2.19. The van der Waals surface area contributed by atoms with Crippen LogP contribution in [0.5, 0.6) is 0 Å². The zero-order chi connectivity index (χ0) is 9.68. The molecule has 0 aromatic heterocycles. The monoisotopic (exact) mass is 184 g/mol. The number of nitrogens with two attached hydrogens (primary N) is 1. The molecule has 3 heteroatoms. The van der Waals surface area contributed by atoms with Gasteiger partial charge in [0.25, 0.3) is 0 Å². The lowest BCUT2D eigenvalue weighted by Crippen LogP contribution is -2.34. The molecule has 1 saturated carbocycles. The molecule has 1 fully saturated rings. The molecule has 0 bridgehead atoms. The quantitative estimate of drug-likeness (QED) is 0.669. The van der Waals surface area contributed by atoms with E-state index in [1.165, 1.54) is 19.3 Å². The third-order valence-electron chi connectivity index (χ3n) is 2.86. The summed E-state index contributed by atoms with van der Waals surface area (Å²) in [6.07, 6.45) is 4.62. The standard InChI is InChI=1S/C10H20N2O/c1-2-12(7-6-10(11)13)8-9-4-3-5-9/h9H,2-8H2,1H3,(H2,11,13). The van der Waals surface area contributed by atoms with Gasteiger partial charge in [-0.2, -0.15) is 0 Å². The minimum atomic E-state index is -0.188. The summed E-state index contributed by atoms with van der Waals surface area (Å²) in [5.74, 6) is 0.694. The Bertz CT molecular complexity index is 166. The lowest BCUT2D eigenvalue weighted by Gasteiger charge is -2.31. The Morgan fingerprint density at radius 2 is 2.23 bits per heavy atom. The van der Waals surface area contributed by atoms with E-state index in [4.69, 9.17) is 5.73 Å². The van der Waals surface area contributed by atoms with E-state index in [0.717, 1.165) is 25.6 Å². The summed E-state index contributed by atoms with van der Waals surface area (Å²) in [7, 11) is 0. The van der Waals surface area contributed by atoms with Crippen LogP contribution in [-0.4, -0.2) is 30.4 Å². The SMILES string of the molecule is CCN(CCC(N)=O)CC1CCC1. The molecule has 2 N–H and O–H groups in total. The van der Waals surface area contributed by atoms with Crippen molar-refractivity contribution >= 4 is 5.91 Å². The molecule has 3 nitrogen and oxygen atoms in total. The van der Waals surface area contributed by atoms with E-state index in [1.54, 1.807) is 0 Å². The second-order valence-corrected chi connectivity index (χ2v) is 3.91. The van der Waals surface area contributed by atoms with Gasteiger partial charge < -0.3 is 10.6 Å². The summed E-state index contributed by atoms with van der Waals surface area (Å²) >= 11 is 0. The molecule has 0 aromatic carbocycles. The Morgan fingerprint density at radius 3 is 2.62 bits per heavy atom. The van der Waals surface area contributed by atoms with Crippen LogP contribution in [0.4, 0.5) is 0 Å². The Morgan fingerprint density at radius 1 is 1.54 bits per heavy atom. The van der Waals surface area contributed by atoms with Crippen molar-refractivity contribution in [1.82, 2.24) is 4.90 Å². The van der Waals surface area contributed by atoms with Crippen molar-refractivity contribution in [1.29, 1.82) is 0 Å². The number of nitrogens with zero attached hydrogens (tertiary/aromatic N) is 1. The van der Waals surface area contributed by atoms with Gasteiger partial charge >= 0.3 is 0 Å². The summed E-state index contributed by atoms with van der Waals surface area (Å²) in [4.78, 5) is 12.9. The maximum Gasteiger partial charge on any atom is 0.218 e. The fraction of sp³-hybridized carbons (Fsp3) is 0.900. The van der Waals surface area contributed by atoms with Crippen molar-refractivity contribution in [3.8, 4) is 0 Å². The molecule has 0 spiro atoms. The maximum absolute atomic E-state index is 10.6. The van der Waals surface area contributed by atoms with Gasteiger partial charge in [-0.05, 0) is 25.3 Å². The Kier molecular flexibility index (Phi) is 4.22. The highest BCUT2D eigenvalue weighted by Crippen LogP contribution is 2.26. The third-order valence-corrected chi connectivity index (χ3v) is 2.86. The van der Waals surface area contributed by atoms with Gasteiger partial charge in [0, 0.05) is 19.5 Å². The number of hydrogen-bond donors (Lipinski definition) is 1. The highest BCUT2D eigenvalue weighted by atomic mass is 16.1. The molecule has 0 atom stereocenters. The van der Waals surface area contributed by atoms with Crippen molar-refractivity contribution in [3.63, 3.8) is 0 Å². The third kappa shape index (κ3) is 3.77. The summed E-state index contributed by atoms with van der Waals surface area (Å²) in [6, 6.07) is 0. The largest absolute Gasteiger partial charge is 0.370 e. The average molecular weight is 184 g/mol. The predicted molar refractivity (Wildman–Crippen MR) is 53.3 cm³/mol. The van der Waals surface area contributed by atoms with Crippen molar-refractivity contribution < 1.29 is 4.79 Å². The Labute approximate surface area is 80.3 Å². The van der Waals surface area contributed by atoms with Crippen LogP contribution in [0.3, 0.4) is 0 Å². The van der Waals surface area contributed by atoms with Gasteiger partial charge in [-0.25, -0.2) is 0 Å². The van der Waals surface area contributed by atoms with Crippen LogP contribution in [0.25, 0.3) is 0 Å². The van der Waals surface area contributed by atoms with Crippen LogP contribution in [0.1, 0.15) is 32.6 Å². The van der Waals surface area contributed by atoms with E-state index >= 15 is 0 Å². The van der Waals surface area contributed by atoms with E-state index in [-0.39, 0.29) is 5.91 Å². The zero-order valence-corrected chi connectivity index (χ0v) is 8.46. The summed E-state index contributed by atoms with van der Waals surface area (Å²) in [5, 5.41) is 0. The molecule has 76 valence electrons. The van der Waals surface area contributed by atoms with Gasteiger partial charge in [0.2, 0.25) is 5.91 Å². The smallest absolute Gasteiger partial charge is 0.218 e. The van der Waals surface area contributed by atoms with E-state index in [1.807, 2.05) is 0 Å².